The molecule has 0 bridgehead atoms. The van der Waals surface area contributed by atoms with Gasteiger partial charge >= 0.3 is 0 Å². The maximum atomic E-state index is 12.8. The van der Waals surface area contributed by atoms with Crippen molar-refractivity contribution >= 4 is 16.7 Å². The number of aliphatic hydroxyl groups is 1. The number of ether oxygens (including phenoxy) is 2. The molecular formula is C21H25N5O4. The van der Waals surface area contributed by atoms with Crippen molar-refractivity contribution in [3.63, 3.8) is 0 Å². The van der Waals surface area contributed by atoms with E-state index in [1.807, 2.05) is 18.2 Å². The Morgan fingerprint density at radius 3 is 2.60 bits per heavy atom. The number of anilines is 1. The summed E-state index contributed by atoms with van der Waals surface area (Å²) in [6.07, 6.45) is 0. The standard InChI is InChI=1S/C21H25N5O4/c1-29-14-12-16-19(17(13-14)30-2)21(28)24-20(23-16)15-4-3-5-18(22-15)26-8-6-25(7-9-26)10-11-27/h3-5,12-13,27H,6-11H2,1-2H3,(H,23,24,28). The van der Waals surface area contributed by atoms with Crippen LogP contribution >= 0.6 is 0 Å². The molecule has 0 amide bonds. The highest BCUT2D eigenvalue weighted by Crippen LogP contribution is 2.28. The zero-order valence-electron chi connectivity index (χ0n) is 17.1. The van der Waals surface area contributed by atoms with Crippen LogP contribution in [0, 0.1) is 0 Å². The van der Waals surface area contributed by atoms with Crippen LogP contribution in [0.15, 0.2) is 35.1 Å². The number of rotatable bonds is 6. The van der Waals surface area contributed by atoms with Gasteiger partial charge in [-0.3, -0.25) is 9.69 Å². The Labute approximate surface area is 173 Å². The maximum Gasteiger partial charge on any atom is 0.262 e. The molecule has 3 heterocycles. The second-order valence-corrected chi connectivity index (χ2v) is 7.07. The number of aromatic nitrogens is 3. The molecule has 2 aromatic heterocycles. The summed E-state index contributed by atoms with van der Waals surface area (Å²) in [5, 5.41) is 9.48. The van der Waals surface area contributed by atoms with Crippen LogP contribution < -0.4 is 19.9 Å². The lowest BCUT2D eigenvalue weighted by Crippen LogP contribution is -2.47. The predicted molar refractivity (Wildman–Crippen MR) is 114 cm³/mol. The first-order valence-electron chi connectivity index (χ1n) is 9.84. The summed E-state index contributed by atoms with van der Waals surface area (Å²) in [7, 11) is 3.06. The predicted octanol–water partition coefficient (Wildman–Crippen LogP) is 1.12. The molecule has 1 fully saturated rings. The summed E-state index contributed by atoms with van der Waals surface area (Å²) in [6.45, 7) is 4.26. The number of H-pyrrole nitrogens is 1. The Kier molecular flexibility index (Phi) is 5.82. The van der Waals surface area contributed by atoms with Crippen LogP contribution in [0.25, 0.3) is 22.4 Å². The van der Waals surface area contributed by atoms with Gasteiger partial charge in [-0.05, 0) is 12.1 Å². The molecule has 2 N–H and O–H groups in total. The van der Waals surface area contributed by atoms with Gasteiger partial charge in [-0.15, -0.1) is 0 Å². The lowest BCUT2D eigenvalue weighted by Gasteiger charge is -2.35. The highest BCUT2D eigenvalue weighted by Gasteiger charge is 2.19. The molecule has 0 unspecified atom stereocenters. The highest BCUT2D eigenvalue weighted by atomic mass is 16.5. The van der Waals surface area contributed by atoms with Crippen LogP contribution in [-0.2, 0) is 0 Å². The SMILES string of the molecule is COc1cc(OC)c2c(=O)[nH]c(-c3cccc(N4CCN(CCO)CC4)n3)nc2c1. The molecule has 158 valence electrons. The van der Waals surface area contributed by atoms with Gasteiger partial charge in [0.2, 0.25) is 0 Å². The van der Waals surface area contributed by atoms with Crippen LogP contribution in [-0.4, -0.2) is 78.5 Å². The number of nitrogens with one attached hydrogen (secondary N) is 1. The molecule has 0 spiro atoms. The zero-order chi connectivity index (χ0) is 21.1. The number of methoxy groups -OCH3 is 2. The van der Waals surface area contributed by atoms with Crippen molar-refractivity contribution < 1.29 is 14.6 Å². The van der Waals surface area contributed by atoms with E-state index < -0.39 is 0 Å². The second-order valence-electron chi connectivity index (χ2n) is 7.07. The Hall–Kier alpha value is -3.17. The summed E-state index contributed by atoms with van der Waals surface area (Å²) < 4.78 is 10.6. The lowest BCUT2D eigenvalue weighted by atomic mass is 10.2. The van der Waals surface area contributed by atoms with E-state index in [1.54, 1.807) is 19.2 Å². The van der Waals surface area contributed by atoms with Crippen LogP contribution in [0.5, 0.6) is 11.5 Å². The van der Waals surface area contributed by atoms with Crippen molar-refractivity contribution in [3.8, 4) is 23.0 Å². The third-order valence-electron chi connectivity index (χ3n) is 5.29. The summed E-state index contributed by atoms with van der Waals surface area (Å²) in [5.41, 5.74) is 0.778. The van der Waals surface area contributed by atoms with Crippen molar-refractivity contribution in [1.29, 1.82) is 0 Å². The first-order chi connectivity index (χ1) is 14.6. The van der Waals surface area contributed by atoms with Gasteiger partial charge in [-0.1, -0.05) is 6.07 Å². The van der Waals surface area contributed by atoms with Crippen molar-refractivity contribution in [2.45, 2.75) is 0 Å². The number of β-amino-alcohol motifs (C(OH)–C–C–N with tert-alkyl or cyclic N) is 1. The molecule has 0 saturated carbocycles. The molecule has 9 nitrogen and oxygen atoms in total. The molecular weight excluding hydrogens is 386 g/mol. The summed E-state index contributed by atoms with van der Waals surface area (Å²) in [6, 6.07) is 9.06. The number of piperazine rings is 1. The van der Waals surface area contributed by atoms with Crippen molar-refractivity contribution in [1.82, 2.24) is 19.9 Å². The minimum absolute atomic E-state index is 0.171. The van der Waals surface area contributed by atoms with Crippen LogP contribution in [0.4, 0.5) is 5.82 Å². The molecule has 1 saturated heterocycles. The molecule has 1 aliphatic rings. The first-order valence-corrected chi connectivity index (χ1v) is 9.84. The van der Waals surface area contributed by atoms with Gasteiger partial charge in [0.05, 0.1) is 26.3 Å². The number of nitrogens with zero attached hydrogens (tertiary/aromatic N) is 4. The summed E-state index contributed by atoms with van der Waals surface area (Å²) >= 11 is 0. The number of aliphatic hydroxyl groups excluding tert-OH is 1. The van der Waals surface area contributed by atoms with E-state index in [0.29, 0.717) is 40.5 Å². The van der Waals surface area contributed by atoms with E-state index in [0.717, 1.165) is 32.0 Å². The Morgan fingerprint density at radius 1 is 1.10 bits per heavy atom. The van der Waals surface area contributed by atoms with Crippen molar-refractivity contribution in [2.24, 2.45) is 0 Å². The van der Waals surface area contributed by atoms with Crippen molar-refractivity contribution in [3.05, 3.63) is 40.7 Å². The zero-order valence-corrected chi connectivity index (χ0v) is 17.1. The fraction of sp³-hybridized carbons (Fsp3) is 0.381. The van der Waals surface area contributed by atoms with Gasteiger partial charge in [-0.25, -0.2) is 9.97 Å². The topological polar surface area (TPSA) is 104 Å². The van der Waals surface area contributed by atoms with Crippen LogP contribution in [0.3, 0.4) is 0 Å². The van der Waals surface area contributed by atoms with Gasteiger partial charge < -0.3 is 24.5 Å². The van der Waals surface area contributed by atoms with Crippen LogP contribution in [0.1, 0.15) is 0 Å². The van der Waals surface area contributed by atoms with Crippen molar-refractivity contribution in [2.75, 3.05) is 58.5 Å². The number of pyridine rings is 1. The van der Waals surface area contributed by atoms with Gasteiger partial charge in [0.25, 0.3) is 5.56 Å². The number of hydrogen-bond donors (Lipinski definition) is 2. The molecule has 0 aliphatic carbocycles. The van der Waals surface area contributed by atoms with E-state index in [4.69, 9.17) is 19.6 Å². The Bertz CT molecular complexity index is 1090. The minimum atomic E-state index is -0.292. The van der Waals surface area contributed by atoms with E-state index in [1.165, 1.54) is 7.11 Å². The normalized spacial score (nSPS) is 14.8. The minimum Gasteiger partial charge on any atom is -0.497 e. The monoisotopic (exact) mass is 411 g/mol. The maximum absolute atomic E-state index is 12.8. The molecule has 0 atom stereocenters. The Balaban J connectivity index is 1.68. The smallest absolute Gasteiger partial charge is 0.262 e. The lowest BCUT2D eigenvalue weighted by molar-refractivity contribution is 0.188. The number of hydrogen-bond acceptors (Lipinski definition) is 8. The Morgan fingerprint density at radius 2 is 1.90 bits per heavy atom. The van der Waals surface area contributed by atoms with Gasteiger partial charge in [-0.2, -0.15) is 0 Å². The third-order valence-corrected chi connectivity index (χ3v) is 5.29. The fourth-order valence-corrected chi connectivity index (χ4v) is 3.68. The quantitative estimate of drug-likeness (QED) is 0.622. The third kappa shape index (κ3) is 3.94. The van der Waals surface area contributed by atoms with Gasteiger partial charge in [0.1, 0.15) is 28.4 Å². The molecule has 0 radical (unpaired) electrons. The van der Waals surface area contributed by atoms with E-state index in [-0.39, 0.29) is 12.2 Å². The van der Waals surface area contributed by atoms with Crippen LogP contribution in [0.2, 0.25) is 0 Å². The van der Waals surface area contributed by atoms with Gasteiger partial charge in [0, 0.05) is 44.9 Å². The summed E-state index contributed by atoms with van der Waals surface area (Å²) in [5.74, 6) is 2.20. The average Bonchev–Trinajstić information content (AvgIpc) is 2.79. The number of benzene rings is 1. The van der Waals surface area contributed by atoms with Gasteiger partial charge in [0.15, 0.2) is 5.82 Å². The molecule has 9 heteroatoms. The molecule has 30 heavy (non-hydrogen) atoms. The average molecular weight is 411 g/mol. The van der Waals surface area contributed by atoms with E-state index in [9.17, 15) is 4.79 Å². The molecule has 3 aromatic rings. The second kappa shape index (κ2) is 8.68. The first kappa shape index (κ1) is 20.1. The highest BCUT2D eigenvalue weighted by molar-refractivity contribution is 5.87. The van der Waals surface area contributed by atoms with E-state index in [2.05, 4.69) is 19.8 Å². The molecule has 1 aromatic carbocycles. The number of fused-ring (bicyclic) bond motifs is 1. The largest absolute Gasteiger partial charge is 0.497 e. The fourth-order valence-electron chi connectivity index (χ4n) is 3.68. The number of aromatic amines is 1. The summed E-state index contributed by atoms with van der Waals surface area (Å²) in [4.78, 5) is 29.4. The molecule has 1 aliphatic heterocycles. The molecule has 4 rings (SSSR count). The van der Waals surface area contributed by atoms with E-state index >= 15 is 0 Å².